The number of hydrogen-bond acceptors (Lipinski definition) is 7. The van der Waals surface area contributed by atoms with Gasteiger partial charge >= 0.3 is 0 Å². The molecule has 36 heavy (non-hydrogen) atoms. The number of amides is 1. The third-order valence-corrected chi connectivity index (χ3v) is 5.95. The zero-order valence-corrected chi connectivity index (χ0v) is 20.1. The fourth-order valence-electron chi connectivity index (χ4n) is 4.04. The molecule has 3 aromatic rings. The Morgan fingerprint density at radius 1 is 0.944 bits per heavy atom. The summed E-state index contributed by atoms with van der Waals surface area (Å²) in [6.07, 6.45) is 2.91. The van der Waals surface area contributed by atoms with E-state index in [0.29, 0.717) is 28.2 Å². The number of hydrogen-bond donors (Lipinski definition) is 1. The maximum absolute atomic E-state index is 13.2. The Labute approximate surface area is 210 Å². The van der Waals surface area contributed by atoms with Gasteiger partial charge in [-0.3, -0.25) is 4.79 Å². The Hall–Kier alpha value is -4.40. The zero-order chi connectivity index (χ0) is 25.3. The molecule has 1 aliphatic rings. The second kappa shape index (κ2) is 11.8. The number of pyridine rings is 1. The van der Waals surface area contributed by atoms with Crippen LogP contribution in [0.1, 0.15) is 47.7 Å². The van der Waals surface area contributed by atoms with Gasteiger partial charge < -0.3 is 19.7 Å². The molecule has 8 heteroatoms. The van der Waals surface area contributed by atoms with Crippen molar-refractivity contribution < 1.29 is 14.3 Å². The normalized spacial score (nSPS) is 13.9. The van der Waals surface area contributed by atoms with Crippen LogP contribution >= 0.6 is 0 Å². The van der Waals surface area contributed by atoms with Crippen LogP contribution < -0.4 is 14.8 Å². The molecule has 1 aromatic heterocycles. The number of nitrogens with zero attached hydrogens (tertiary/aromatic N) is 4. The summed E-state index contributed by atoms with van der Waals surface area (Å²) in [7, 11) is 0. The quantitative estimate of drug-likeness (QED) is 0.481. The first-order valence-electron chi connectivity index (χ1n) is 12.0. The molecule has 1 aliphatic heterocycles. The summed E-state index contributed by atoms with van der Waals surface area (Å²) >= 11 is 0. The largest absolute Gasteiger partial charge is 0.439 e. The molecule has 0 aliphatic carbocycles. The molecule has 0 radical (unpaired) electrons. The van der Waals surface area contributed by atoms with E-state index < -0.39 is 0 Å². The molecule has 4 rings (SSSR count). The lowest BCUT2D eigenvalue weighted by molar-refractivity contribution is 0.0908. The number of nitrogens with one attached hydrogen (secondary N) is 1. The topological polar surface area (TPSA) is 111 Å². The van der Waals surface area contributed by atoms with Crippen molar-refractivity contribution in [2.45, 2.75) is 32.2 Å². The number of piperidine rings is 1. The van der Waals surface area contributed by atoms with Crippen molar-refractivity contribution in [3.05, 3.63) is 77.4 Å². The third-order valence-electron chi connectivity index (χ3n) is 5.95. The zero-order valence-electron chi connectivity index (χ0n) is 20.1. The monoisotopic (exact) mass is 481 g/mol. The van der Waals surface area contributed by atoms with Crippen LogP contribution in [0.4, 0.5) is 0 Å². The lowest BCUT2D eigenvalue weighted by atomic mass is 10.0. The summed E-state index contributed by atoms with van der Waals surface area (Å²) in [5.41, 5.74) is 1.32. The van der Waals surface area contributed by atoms with E-state index in [9.17, 15) is 4.79 Å². The Morgan fingerprint density at radius 3 is 2.08 bits per heavy atom. The molecule has 182 valence electrons. The maximum Gasteiger partial charge on any atom is 0.257 e. The predicted molar refractivity (Wildman–Crippen MR) is 134 cm³/mol. The van der Waals surface area contributed by atoms with Crippen LogP contribution in [0.5, 0.6) is 23.3 Å². The van der Waals surface area contributed by atoms with Crippen LogP contribution in [0.2, 0.25) is 0 Å². The first kappa shape index (κ1) is 24.7. The Kier molecular flexibility index (Phi) is 8.12. The van der Waals surface area contributed by atoms with E-state index in [1.54, 1.807) is 60.7 Å². The van der Waals surface area contributed by atoms with Crippen molar-refractivity contribution in [3.8, 4) is 35.4 Å². The van der Waals surface area contributed by atoms with Crippen LogP contribution in [0.15, 0.2) is 60.7 Å². The van der Waals surface area contributed by atoms with E-state index >= 15 is 0 Å². The van der Waals surface area contributed by atoms with Gasteiger partial charge in [0.2, 0.25) is 11.8 Å². The van der Waals surface area contributed by atoms with Crippen molar-refractivity contribution in [1.82, 2.24) is 15.2 Å². The number of benzene rings is 2. The number of ether oxygens (including phenoxy) is 2. The van der Waals surface area contributed by atoms with E-state index in [1.807, 2.05) is 0 Å². The molecule has 1 fully saturated rings. The van der Waals surface area contributed by atoms with Gasteiger partial charge in [-0.1, -0.05) is 6.92 Å². The van der Waals surface area contributed by atoms with Crippen LogP contribution in [-0.4, -0.2) is 41.5 Å². The molecule has 0 bridgehead atoms. The molecule has 0 spiro atoms. The highest BCUT2D eigenvalue weighted by Crippen LogP contribution is 2.29. The minimum atomic E-state index is -0.259. The summed E-state index contributed by atoms with van der Waals surface area (Å²) in [5.74, 6) is 1.03. The molecule has 1 saturated heterocycles. The van der Waals surface area contributed by atoms with Crippen LogP contribution in [0, 0.1) is 22.7 Å². The van der Waals surface area contributed by atoms with Crippen LogP contribution in [0.3, 0.4) is 0 Å². The molecule has 0 atom stereocenters. The fraction of sp³-hybridized carbons (Fsp3) is 0.286. The summed E-state index contributed by atoms with van der Waals surface area (Å²) in [6.45, 7) is 5.17. The highest BCUT2D eigenvalue weighted by atomic mass is 16.5. The molecule has 8 nitrogen and oxygen atoms in total. The lowest BCUT2D eigenvalue weighted by Crippen LogP contribution is -2.44. The number of likely N-dealkylation sites (tertiary alicyclic amines) is 1. The van der Waals surface area contributed by atoms with E-state index in [2.05, 4.69) is 34.3 Å². The molecule has 0 unspecified atom stereocenters. The van der Waals surface area contributed by atoms with Gasteiger partial charge in [0, 0.05) is 25.2 Å². The number of rotatable bonds is 8. The van der Waals surface area contributed by atoms with Crippen molar-refractivity contribution in [2.24, 2.45) is 0 Å². The molecular formula is C28H27N5O3. The first-order valence-corrected chi connectivity index (χ1v) is 12.0. The van der Waals surface area contributed by atoms with Gasteiger partial charge in [0.25, 0.3) is 5.91 Å². The summed E-state index contributed by atoms with van der Waals surface area (Å²) in [4.78, 5) is 20.1. The SMILES string of the molecule is CCCN1CCC(NC(=O)c2ccc(Oc3ccc(C#N)cc3)nc2Oc2ccc(C#N)cc2)CC1. The average molecular weight is 482 g/mol. The Balaban J connectivity index is 1.54. The van der Waals surface area contributed by atoms with E-state index in [4.69, 9.17) is 20.0 Å². The van der Waals surface area contributed by atoms with Crippen molar-refractivity contribution in [2.75, 3.05) is 19.6 Å². The number of carbonyl (C=O) groups is 1. The van der Waals surface area contributed by atoms with Crippen molar-refractivity contribution in [3.63, 3.8) is 0 Å². The van der Waals surface area contributed by atoms with Crippen LogP contribution in [-0.2, 0) is 0 Å². The summed E-state index contributed by atoms with van der Waals surface area (Å²) in [6, 6.07) is 20.7. The number of aromatic nitrogens is 1. The smallest absolute Gasteiger partial charge is 0.257 e. The molecule has 1 N–H and O–H groups in total. The molecule has 2 heterocycles. The van der Waals surface area contributed by atoms with Gasteiger partial charge in [-0.25, -0.2) is 0 Å². The van der Waals surface area contributed by atoms with Gasteiger partial charge in [-0.15, -0.1) is 0 Å². The van der Waals surface area contributed by atoms with E-state index in [-0.39, 0.29) is 23.7 Å². The number of nitriles is 2. The van der Waals surface area contributed by atoms with Gasteiger partial charge in [-0.2, -0.15) is 15.5 Å². The van der Waals surface area contributed by atoms with Crippen LogP contribution in [0.25, 0.3) is 0 Å². The first-order chi connectivity index (χ1) is 17.6. The fourth-order valence-corrected chi connectivity index (χ4v) is 4.04. The predicted octanol–water partition coefficient (Wildman–Crippen LogP) is 5.01. The van der Waals surface area contributed by atoms with Crippen molar-refractivity contribution >= 4 is 5.91 Å². The lowest BCUT2D eigenvalue weighted by Gasteiger charge is -2.32. The summed E-state index contributed by atoms with van der Waals surface area (Å²) in [5, 5.41) is 21.2. The summed E-state index contributed by atoms with van der Waals surface area (Å²) < 4.78 is 11.8. The molecule has 2 aromatic carbocycles. The second-order valence-corrected chi connectivity index (χ2v) is 8.57. The van der Waals surface area contributed by atoms with E-state index in [0.717, 1.165) is 38.9 Å². The highest BCUT2D eigenvalue weighted by Gasteiger charge is 2.23. The highest BCUT2D eigenvalue weighted by molar-refractivity contribution is 5.96. The van der Waals surface area contributed by atoms with Gasteiger partial charge in [0.1, 0.15) is 17.1 Å². The number of carbonyl (C=O) groups excluding carboxylic acids is 1. The Morgan fingerprint density at radius 2 is 1.53 bits per heavy atom. The molecular weight excluding hydrogens is 454 g/mol. The Bertz CT molecular complexity index is 1270. The van der Waals surface area contributed by atoms with Crippen molar-refractivity contribution in [1.29, 1.82) is 10.5 Å². The van der Waals surface area contributed by atoms with Gasteiger partial charge in [0.15, 0.2) is 0 Å². The van der Waals surface area contributed by atoms with E-state index in [1.165, 1.54) is 0 Å². The average Bonchev–Trinajstić information content (AvgIpc) is 2.91. The van der Waals surface area contributed by atoms with Gasteiger partial charge in [0.05, 0.1) is 23.3 Å². The molecule has 0 saturated carbocycles. The van der Waals surface area contributed by atoms with Gasteiger partial charge in [-0.05, 0) is 80.4 Å². The minimum Gasteiger partial charge on any atom is -0.439 e. The minimum absolute atomic E-state index is 0.0861. The second-order valence-electron chi connectivity index (χ2n) is 8.57. The standard InChI is InChI=1S/C28H27N5O3/c1-2-15-33-16-13-22(14-17-33)31-27(34)25-11-12-26(35-23-7-3-20(18-29)4-8-23)32-28(25)36-24-9-5-21(19-30)6-10-24/h3-12,22H,2,13-17H2,1H3,(H,31,34). The third kappa shape index (κ3) is 6.38. The maximum atomic E-state index is 13.2. The molecule has 1 amide bonds.